The first-order valence-electron chi connectivity index (χ1n) is 12.9. The summed E-state index contributed by atoms with van der Waals surface area (Å²) in [6.07, 6.45) is 2.92. The van der Waals surface area contributed by atoms with Crippen molar-refractivity contribution in [2.45, 2.75) is 70.7 Å². The van der Waals surface area contributed by atoms with Crippen LogP contribution in [0.1, 0.15) is 58.8 Å². The van der Waals surface area contributed by atoms with Crippen LogP contribution in [0.2, 0.25) is 0 Å². The van der Waals surface area contributed by atoms with Crippen LogP contribution in [0.4, 0.5) is 9.59 Å². The molecule has 1 aromatic rings. The molecule has 1 aliphatic heterocycles. The molecule has 0 spiro atoms. The Morgan fingerprint density at radius 1 is 1.16 bits per heavy atom. The Balaban J connectivity index is 1.73. The lowest BCUT2D eigenvalue weighted by molar-refractivity contribution is -0.131. The molecule has 2 N–H and O–H groups in total. The smallest absolute Gasteiger partial charge is 0.414 e. The van der Waals surface area contributed by atoms with E-state index < -0.39 is 24.0 Å². The van der Waals surface area contributed by atoms with Gasteiger partial charge in [-0.2, -0.15) is 5.01 Å². The largest absolute Gasteiger partial charge is 0.438 e. The van der Waals surface area contributed by atoms with Gasteiger partial charge in [-0.25, -0.2) is 9.59 Å². The first kappa shape index (κ1) is 28.8. The van der Waals surface area contributed by atoms with E-state index in [1.807, 2.05) is 38.9 Å². The summed E-state index contributed by atoms with van der Waals surface area (Å²) in [5.74, 6) is 1.24. The van der Waals surface area contributed by atoms with Crippen LogP contribution in [-0.4, -0.2) is 71.3 Å². The molecule has 1 atom stereocenters. The Kier molecular flexibility index (Phi) is 10.6. The first-order valence-corrected chi connectivity index (χ1v) is 13.9. The number of carbonyl (C=O) groups is 3. The fourth-order valence-corrected chi connectivity index (χ4v) is 5.05. The normalized spacial score (nSPS) is 18.8. The summed E-state index contributed by atoms with van der Waals surface area (Å²) in [6, 6.07) is 8.16. The maximum absolute atomic E-state index is 13.5. The number of thioether (sulfide) groups is 1. The number of ketones is 1. The second kappa shape index (κ2) is 13.7. The average molecular weight is 534 g/mol. The third kappa shape index (κ3) is 8.92. The lowest BCUT2D eigenvalue weighted by Gasteiger charge is -2.39. The monoisotopic (exact) mass is 533 g/mol. The zero-order valence-electron chi connectivity index (χ0n) is 22.2. The van der Waals surface area contributed by atoms with Crippen LogP contribution in [-0.2, 0) is 9.53 Å². The molecule has 3 amide bonds. The highest BCUT2D eigenvalue weighted by atomic mass is 32.2. The highest BCUT2D eigenvalue weighted by Crippen LogP contribution is 2.28. The van der Waals surface area contributed by atoms with E-state index in [4.69, 9.17) is 9.47 Å². The maximum Gasteiger partial charge on any atom is 0.414 e. The van der Waals surface area contributed by atoms with Gasteiger partial charge in [-0.3, -0.25) is 10.1 Å². The molecule has 10 nitrogen and oxygen atoms in total. The highest BCUT2D eigenvalue weighted by molar-refractivity contribution is 8.13. The van der Waals surface area contributed by atoms with Gasteiger partial charge in [0.05, 0.1) is 0 Å². The molecule has 1 saturated carbocycles. The molecule has 1 aliphatic carbocycles. The van der Waals surface area contributed by atoms with Gasteiger partial charge >= 0.3 is 12.1 Å². The third-order valence-corrected chi connectivity index (χ3v) is 7.00. The number of amides is 3. The molecular weight excluding hydrogens is 494 g/mol. The number of hydrogen-bond donors (Lipinski definition) is 2. The minimum Gasteiger partial charge on any atom is -0.438 e. The van der Waals surface area contributed by atoms with E-state index in [1.165, 1.54) is 11.8 Å². The predicted molar refractivity (Wildman–Crippen MR) is 144 cm³/mol. The summed E-state index contributed by atoms with van der Waals surface area (Å²) in [5, 5.41) is 11.6. The van der Waals surface area contributed by atoms with E-state index in [1.54, 1.807) is 24.3 Å². The fraction of sp³-hybridized carbons (Fsp3) is 0.615. The number of rotatable bonds is 10. The molecule has 1 fully saturated rings. The number of hydrazone groups is 1. The van der Waals surface area contributed by atoms with Gasteiger partial charge in [-0.15, -0.1) is 5.10 Å². The molecule has 0 bridgehead atoms. The van der Waals surface area contributed by atoms with E-state index >= 15 is 0 Å². The SMILES string of the molecule is CC(C)CCC(=O)C1OC(SCCN(C)C)=NN1C(=O)NC1(NC(=O)Oc2ccccc2)CCCCC1. The van der Waals surface area contributed by atoms with Crippen LogP contribution >= 0.6 is 11.8 Å². The Bertz CT molecular complexity index is 950. The second-order valence-corrected chi connectivity index (χ2v) is 11.2. The van der Waals surface area contributed by atoms with Crippen molar-refractivity contribution < 1.29 is 23.9 Å². The molecule has 11 heteroatoms. The van der Waals surface area contributed by atoms with E-state index in [-0.39, 0.29) is 17.4 Å². The number of benzene rings is 1. The highest BCUT2D eigenvalue weighted by Gasteiger charge is 2.43. The summed E-state index contributed by atoms with van der Waals surface area (Å²) < 4.78 is 11.3. The molecule has 1 aromatic carbocycles. The topological polar surface area (TPSA) is 113 Å². The molecule has 204 valence electrons. The van der Waals surface area contributed by atoms with Crippen molar-refractivity contribution in [3.05, 3.63) is 30.3 Å². The van der Waals surface area contributed by atoms with Gasteiger partial charge in [0.1, 0.15) is 11.4 Å². The number of nitrogens with one attached hydrogen (secondary N) is 2. The molecule has 3 rings (SSSR count). The van der Waals surface area contributed by atoms with Crippen molar-refractivity contribution >= 4 is 34.9 Å². The molecule has 37 heavy (non-hydrogen) atoms. The Labute approximate surface area is 223 Å². The lowest BCUT2D eigenvalue weighted by atomic mass is 9.89. The Morgan fingerprint density at radius 3 is 2.51 bits per heavy atom. The number of ether oxygens (including phenoxy) is 2. The van der Waals surface area contributed by atoms with Crippen molar-refractivity contribution in [2.24, 2.45) is 11.0 Å². The van der Waals surface area contributed by atoms with Gasteiger partial charge in [0.2, 0.25) is 0 Å². The number of urea groups is 1. The molecule has 2 aliphatic rings. The fourth-order valence-electron chi connectivity index (χ4n) is 4.11. The zero-order valence-corrected chi connectivity index (χ0v) is 23.0. The third-order valence-electron chi connectivity index (χ3n) is 6.19. The number of carbonyl (C=O) groups excluding carboxylic acids is 3. The number of hydrogen-bond acceptors (Lipinski definition) is 8. The molecule has 0 aromatic heterocycles. The van der Waals surface area contributed by atoms with E-state index in [0.717, 1.165) is 30.8 Å². The molecule has 0 radical (unpaired) electrons. The quantitative estimate of drug-likeness (QED) is 0.429. The van der Waals surface area contributed by atoms with Gasteiger partial charge in [0, 0.05) is 18.7 Å². The van der Waals surface area contributed by atoms with Crippen LogP contribution in [0.5, 0.6) is 5.75 Å². The van der Waals surface area contributed by atoms with Crippen molar-refractivity contribution in [1.29, 1.82) is 0 Å². The summed E-state index contributed by atoms with van der Waals surface area (Å²) in [4.78, 5) is 41.3. The van der Waals surface area contributed by atoms with Crippen LogP contribution in [0.15, 0.2) is 35.4 Å². The van der Waals surface area contributed by atoms with E-state index in [2.05, 4.69) is 15.7 Å². The van der Waals surface area contributed by atoms with Gasteiger partial charge in [0.15, 0.2) is 5.78 Å². The maximum atomic E-state index is 13.5. The lowest BCUT2D eigenvalue weighted by Crippen LogP contribution is -2.64. The van der Waals surface area contributed by atoms with Crippen molar-refractivity contribution in [2.75, 3.05) is 26.4 Å². The van der Waals surface area contributed by atoms with Gasteiger partial charge < -0.3 is 19.7 Å². The van der Waals surface area contributed by atoms with Crippen molar-refractivity contribution in [1.82, 2.24) is 20.5 Å². The molecule has 1 heterocycles. The van der Waals surface area contributed by atoms with Crippen LogP contribution in [0, 0.1) is 5.92 Å². The van der Waals surface area contributed by atoms with Gasteiger partial charge in [-0.1, -0.05) is 50.2 Å². The summed E-state index contributed by atoms with van der Waals surface area (Å²) >= 11 is 1.36. The summed E-state index contributed by atoms with van der Waals surface area (Å²) in [7, 11) is 3.94. The van der Waals surface area contributed by atoms with Crippen LogP contribution < -0.4 is 15.4 Å². The van der Waals surface area contributed by atoms with E-state index in [0.29, 0.717) is 36.7 Å². The van der Waals surface area contributed by atoms with E-state index in [9.17, 15) is 14.4 Å². The Hall–Kier alpha value is -2.79. The Morgan fingerprint density at radius 2 is 1.86 bits per heavy atom. The van der Waals surface area contributed by atoms with Gasteiger partial charge in [-0.05, 0) is 64.3 Å². The van der Waals surface area contributed by atoms with Crippen LogP contribution in [0.3, 0.4) is 0 Å². The summed E-state index contributed by atoms with van der Waals surface area (Å²) in [5.41, 5.74) is -1.01. The molecule has 1 unspecified atom stereocenters. The average Bonchev–Trinajstić information content (AvgIpc) is 3.28. The van der Waals surface area contributed by atoms with Crippen molar-refractivity contribution in [3.8, 4) is 5.75 Å². The molecule has 0 saturated heterocycles. The van der Waals surface area contributed by atoms with Crippen molar-refractivity contribution in [3.63, 3.8) is 0 Å². The second-order valence-electron chi connectivity index (χ2n) is 10.1. The van der Waals surface area contributed by atoms with Gasteiger partial charge in [0.25, 0.3) is 11.5 Å². The first-order chi connectivity index (χ1) is 17.7. The minimum atomic E-state index is -1.13. The summed E-state index contributed by atoms with van der Waals surface area (Å²) in [6.45, 7) is 4.88. The zero-order chi connectivity index (χ0) is 26.8. The number of nitrogens with zero attached hydrogens (tertiary/aromatic N) is 3. The van der Waals surface area contributed by atoms with Crippen LogP contribution in [0.25, 0.3) is 0 Å². The number of para-hydroxylation sites is 1. The molecular formula is C26H39N5O5S. The minimum absolute atomic E-state index is 0.204. The number of Topliss-reactive ketones (excluding diaryl/α,β-unsaturated/α-hetero) is 1. The standard InChI is InChI=1S/C26H39N5O5S/c1-19(2)13-14-21(32)22-31(29-25(36-22)37-18-17-30(3)4)23(33)27-26(15-9-6-10-16-26)28-24(34)35-20-11-7-5-8-12-20/h5,7-8,11-12,19,22H,6,9-10,13-18H2,1-4H3,(H,27,33)(H,28,34). The predicted octanol–water partition coefficient (Wildman–Crippen LogP) is 4.37.